The molecule has 7 heteroatoms. The van der Waals surface area contributed by atoms with E-state index in [2.05, 4.69) is 10.3 Å². The Morgan fingerprint density at radius 2 is 2.03 bits per heavy atom. The van der Waals surface area contributed by atoms with E-state index in [9.17, 15) is 9.59 Å². The van der Waals surface area contributed by atoms with Crippen molar-refractivity contribution in [1.82, 2.24) is 15.2 Å². The Morgan fingerprint density at radius 3 is 2.76 bits per heavy atom. The van der Waals surface area contributed by atoms with E-state index in [-0.39, 0.29) is 23.5 Å². The van der Waals surface area contributed by atoms with Crippen molar-refractivity contribution >= 4 is 29.2 Å². The first kappa shape index (κ1) is 19.8. The van der Waals surface area contributed by atoms with E-state index in [4.69, 9.17) is 4.74 Å². The van der Waals surface area contributed by atoms with Crippen molar-refractivity contribution in [1.29, 1.82) is 0 Å². The zero-order chi connectivity index (χ0) is 20.1. The number of amides is 2. The first-order chi connectivity index (χ1) is 14.1. The normalized spacial score (nSPS) is 21.0. The molecule has 152 valence electrons. The van der Waals surface area contributed by atoms with Gasteiger partial charge in [-0.05, 0) is 55.3 Å². The number of nitrogens with one attached hydrogen (secondary N) is 1. The van der Waals surface area contributed by atoms with Crippen molar-refractivity contribution in [2.24, 2.45) is 0 Å². The second-order valence-electron chi connectivity index (χ2n) is 7.58. The van der Waals surface area contributed by atoms with E-state index >= 15 is 0 Å². The summed E-state index contributed by atoms with van der Waals surface area (Å²) in [6.45, 7) is 1.92. The highest BCUT2D eigenvalue weighted by Crippen LogP contribution is 2.39. The van der Waals surface area contributed by atoms with Crippen molar-refractivity contribution in [3.05, 3.63) is 58.6 Å². The van der Waals surface area contributed by atoms with Crippen LogP contribution in [0.5, 0.6) is 0 Å². The standard InChI is InChI=1S/C22H25N3O3S/c26-20(4-3-19-2-1-15-29-19)24-16-18-5-8-22(28-18)9-13-25(14-10-22)21(27)17-6-11-23-12-7-17/h1-4,6-7,11-12,15,18H,5,8-10,13-14,16H2,(H,24,26)/b4-3+. The molecule has 2 saturated heterocycles. The molecule has 6 nitrogen and oxygen atoms in total. The number of ether oxygens (including phenoxy) is 1. The number of pyridine rings is 1. The van der Waals surface area contributed by atoms with Crippen LogP contribution in [0, 0.1) is 0 Å². The maximum atomic E-state index is 12.6. The van der Waals surface area contributed by atoms with Crippen LogP contribution in [0.3, 0.4) is 0 Å². The number of likely N-dealkylation sites (tertiary alicyclic amines) is 1. The minimum absolute atomic E-state index is 0.0385. The number of carbonyl (C=O) groups is 2. The molecular formula is C22H25N3O3S. The summed E-state index contributed by atoms with van der Waals surface area (Å²) < 4.78 is 6.34. The lowest BCUT2D eigenvalue weighted by atomic mass is 9.88. The van der Waals surface area contributed by atoms with Gasteiger partial charge in [0.25, 0.3) is 5.91 Å². The van der Waals surface area contributed by atoms with Crippen molar-refractivity contribution in [3.63, 3.8) is 0 Å². The van der Waals surface area contributed by atoms with Gasteiger partial charge >= 0.3 is 0 Å². The SMILES string of the molecule is O=C(/C=C/c1cccs1)NCC1CCC2(CCN(C(=O)c3ccncc3)CC2)O1. The van der Waals surface area contributed by atoms with Crippen LogP contribution in [0.2, 0.25) is 0 Å². The Morgan fingerprint density at radius 1 is 1.24 bits per heavy atom. The fraction of sp³-hybridized carbons (Fsp3) is 0.409. The zero-order valence-electron chi connectivity index (χ0n) is 16.3. The van der Waals surface area contributed by atoms with Gasteiger partial charge in [-0.25, -0.2) is 0 Å². The summed E-state index contributed by atoms with van der Waals surface area (Å²) in [6, 6.07) is 7.45. The number of thiophene rings is 1. The molecule has 2 aliphatic rings. The molecule has 4 heterocycles. The Labute approximate surface area is 174 Å². The third-order valence-corrected chi connectivity index (χ3v) is 6.51. The highest BCUT2D eigenvalue weighted by Gasteiger charge is 2.43. The molecule has 4 rings (SSSR count). The van der Waals surface area contributed by atoms with Crippen molar-refractivity contribution in [3.8, 4) is 0 Å². The van der Waals surface area contributed by atoms with Crippen LogP contribution in [0.25, 0.3) is 6.08 Å². The van der Waals surface area contributed by atoms with Gasteiger partial charge in [-0.2, -0.15) is 0 Å². The molecule has 2 aliphatic heterocycles. The number of hydrogen-bond acceptors (Lipinski definition) is 5. The van der Waals surface area contributed by atoms with Gasteiger partial charge in [0.2, 0.25) is 5.91 Å². The molecule has 0 aromatic carbocycles. The topological polar surface area (TPSA) is 71.5 Å². The summed E-state index contributed by atoms with van der Waals surface area (Å²) in [4.78, 5) is 31.5. The van der Waals surface area contributed by atoms with Gasteiger partial charge in [-0.3, -0.25) is 14.6 Å². The number of carbonyl (C=O) groups excluding carboxylic acids is 2. The van der Waals surface area contributed by atoms with E-state index in [0.717, 1.165) is 30.6 Å². The summed E-state index contributed by atoms with van der Waals surface area (Å²) in [7, 11) is 0. The average molecular weight is 412 g/mol. The van der Waals surface area contributed by atoms with Gasteiger partial charge < -0.3 is 15.0 Å². The fourth-order valence-electron chi connectivity index (χ4n) is 4.02. The lowest BCUT2D eigenvalue weighted by Crippen LogP contribution is -2.47. The summed E-state index contributed by atoms with van der Waals surface area (Å²) in [5.74, 6) is -0.0395. The molecular weight excluding hydrogens is 386 g/mol. The molecule has 2 fully saturated rings. The molecule has 0 saturated carbocycles. The molecule has 0 radical (unpaired) electrons. The highest BCUT2D eigenvalue weighted by molar-refractivity contribution is 7.10. The summed E-state index contributed by atoms with van der Waals surface area (Å²) in [6.07, 6.45) is 10.3. The van der Waals surface area contributed by atoms with Crippen molar-refractivity contribution in [2.45, 2.75) is 37.4 Å². The van der Waals surface area contributed by atoms with E-state index in [1.165, 1.54) is 0 Å². The third kappa shape index (κ3) is 4.92. The minimum atomic E-state index is -0.156. The molecule has 1 spiro atoms. The van der Waals surface area contributed by atoms with Crippen LogP contribution in [-0.2, 0) is 9.53 Å². The molecule has 1 N–H and O–H groups in total. The quantitative estimate of drug-likeness (QED) is 0.768. The van der Waals surface area contributed by atoms with Crippen molar-refractivity contribution < 1.29 is 14.3 Å². The van der Waals surface area contributed by atoms with E-state index < -0.39 is 0 Å². The Bertz CT molecular complexity index is 859. The largest absolute Gasteiger partial charge is 0.370 e. The van der Waals surface area contributed by atoms with Gasteiger partial charge in [-0.1, -0.05) is 6.07 Å². The Kier molecular flexibility index (Phi) is 6.06. The first-order valence-electron chi connectivity index (χ1n) is 10.0. The van der Waals surface area contributed by atoms with E-state index in [1.807, 2.05) is 28.5 Å². The molecule has 1 atom stereocenters. The third-order valence-electron chi connectivity index (χ3n) is 5.67. The van der Waals surface area contributed by atoms with Gasteiger partial charge in [0.05, 0.1) is 11.7 Å². The second kappa shape index (κ2) is 8.88. The van der Waals surface area contributed by atoms with Crippen LogP contribution in [0.15, 0.2) is 48.1 Å². The molecule has 2 aromatic heterocycles. The second-order valence-corrected chi connectivity index (χ2v) is 8.56. The number of hydrogen-bond donors (Lipinski definition) is 1. The first-order valence-corrected chi connectivity index (χ1v) is 10.9. The van der Waals surface area contributed by atoms with Crippen LogP contribution in [0.1, 0.15) is 40.9 Å². The lowest BCUT2D eigenvalue weighted by Gasteiger charge is -2.39. The van der Waals surface area contributed by atoms with Crippen LogP contribution in [-0.4, -0.2) is 53.0 Å². The predicted molar refractivity (Wildman–Crippen MR) is 113 cm³/mol. The maximum absolute atomic E-state index is 12.6. The zero-order valence-corrected chi connectivity index (χ0v) is 17.1. The molecule has 29 heavy (non-hydrogen) atoms. The Balaban J connectivity index is 1.23. The smallest absolute Gasteiger partial charge is 0.253 e. The van der Waals surface area contributed by atoms with Gasteiger partial charge in [-0.15, -0.1) is 11.3 Å². The summed E-state index contributed by atoms with van der Waals surface area (Å²) >= 11 is 1.60. The summed E-state index contributed by atoms with van der Waals surface area (Å²) in [5, 5.41) is 4.93. The monoisotopic (exact) mass is 411 g/mol. The van der Waals surface area contributed by atoms with E-state index in [0.29, 0.717) is 25.2 Å². The Hall–Kier alpha value is -2.51. The lowest BCUT2D eigenvalue weighted by molar-refractivity contribution is -0.118. The van der Waals surface area contributed by atoms with Gasteiger partial charge in [0, 0.05) is 48.5 Å². The number of piperidine rings is 1. The fourth-order valence-corrected chi connectivity index (χ4v) is 4.64. The average Bonchev–Trinajstić information content (AvgIpc) is 3.42. The minimum Gasteiger partial charge on any atom is -0.370 e. The van der Waals surface area contributed by atoms with Crippen LogP contribution < -0.4 is 5.32 Å². The number of aromatic nitrogens is 1. The van der Waals surface area contributed by atoms with E-state index in [1.54, 1.807) is 41.9 Å². The maximum Gasteiger partial charge on any atom is 0.253 e. The molecule has 2 amide bonds. The van der Waals surface area contributed by atoms with Crippen molar-refractivity contribution in [2.75, 3.05) is 19.6 Å². The van der Waals surface area contributed by atoms with Gasteiger partial charge in [0.15, 0.2) is 0 Å². The molecule has 2 aromatic rings. The number of nitrogens with zero attached hydrogens (tertiary/aromatic N) is 2. The predicted octanol–water partition coefficient (Wildman–Crippen LogP) is 3.13. The van der Waals surface area contributed by atoms with Crippen LogP contribution >= 0.6 is 11.3 Å². The van der Waals surface area contributed by atoms with Crippen LogP contribution in [0.4, 0.5) is 0 Å². The molecule has 0 bridgehead atoms. The summed E-state index contributed by atoms with van der Waals surface area (Å²) in [5.41, 5.74) is 0.525. The van der Waals surface area contributed by atoms with Gasteiger partial charge in [0.1, 0.15) is 0 Å². The highest BCUT2D eigenvalue weighted by atomic mass is 32.1. The molecule has 0 aliphatic carbocycles. The number of rotatable bonds is 5. The molecule has 1 unspecified atom stereocenters.